The molecule has 2 unspecified atom stereocenters. The average Bonchev–Trinajstić information content (AvgIpc) is 2.83. The largest absolute Gasteiger partial charge is 0.332 e. The third kappa shape index (κ3) is 7.22. The monoisotopic (exact) mass is 457 g/mol. The fourth-order valence-electron chi connectivity index (χ4n) is 5.51. The molecule has 1 aromatic rings. The van der Waals surface area contributed by atoms with Crippen LogP contribution in [-0.2, 0) is 4.79 Å². The fourth-order valence-corrected chi connectivity index (χ4v) is 5.51. The Morgan fingerprint density at radius 3 is 2.15 bits per heavy atom. The van der Waals surface area contributed by atoms with Gasteiger partial charge in [-0.05, 0) is 76.7 Å². The van der Waals surface area contributed by atoms with Crippen LogP contribution >= 0.6 is 0 Å². The fraction of sp³-hybridized carbons (Fsp3) is 0.815. The number of carbonyl (C=O) groups is 1. The van der Waals surface area contributed by atoms with Gasteiger partial charge >= 0.3 is 0 Å². The van der Waals surface area contributed by atoms with E-state index in [1.165, 1.54) is 24.8 Å². The summed E-state index contributed by atoms with van der Waals surface area (Å²) in [6, 6.07) is 0.984. The summed E-state index contributed by atoms with van der Waals surface area (Å²) in [5.41, 5.74) is 1.31. The lowest BCUT2D eigenvalue weighted by Crippen LogP contribution is -2.58. The van der Waals surface area contributed by atoms with Gasteiger partial charge in [-0.1, -0.05) is 34.1 Å². The highest BCUT2D eigenvalue weighted by Crippen LogP contribution is 2.29. The van der Waals surface area contributed by atoms with E-state index in [0.29, 0.717) is 23.8 Å². The quantitative estimate of drug-likeness (QED) is 0.447. The molecule has 0 saturated carbocycles. The minimum Gasteiger partial charge on any atom is -0.332 e. The van der Waals surface area contributed by atoms with Crippen LogP contribution in [0.3, 0.4) is 0 Å². The summed E-state index contributed by atoms with van der Waals surface area (Å²) >= 11 is 0. The Hall–Kier alpha value is -1.53. The van der Waals surface area contributed by atoms with E-state index in [2.05, 4.69) is 48.0 Å². The van der Waals surface area contributed by atoms with E-state index in [0.717, 1.165) is 70.8 Å². The van der Waals surface area contributed by atoms with Gasteiger partial charge in [-0.25, -0.2) is 9.97 Å². The summed E-state index contributed by atoms with van der Waals surface area (Å²) in [6.07, 6.45) is 13.0. The lowest BCUT2D eigenvalue weighted by molar-refractivity contribution is -0.122. The summed E-state index contributed by atoms with van der Waals surface area (Å²) in [7, 11) is 2.23. The maximum Gasteiger partial charge on any atom is 0.225 e. The van der Waals surface area contributed by atoms with Crippen LogP contribution in [0, 0.1) is 5.92 Å². The first-order valence-corrected chi connectivity index (χ1v) is 13.5. The highest BCUT2D eigenvalue weighted by molar-refractivity contribution is 5.80. The first-order chi connectivity index (χ1) is 15.9. The van der Waals surface area contributed by atoms with Gasteiger partial charge < -0.3 is 14.7 Å². The highest BCUT2D eigenvalue weighted by Gasteiger charge is 2.33. The maximum atomic E-state index is 11.7. The number of likely N-dealkylation sites (tertiary alicyclic amines) is 1. The summed E-state index contributed by atoms with van der Waals surface area (Å²) in [4.78, 5) is 29.0. The van der Waals surface area contributed by atoms with Crippen molar-refractivity contribution < 1.29 is 4.79 Å². The van der Waals surface area contributed by atoms with Gasteiger partial charge in [-0.15, -0.1) is 0 Å². The van der Waals surface area contributed by atoms with Gasteiger partial charge in [-0.3, -0.25) is 4.79 Å². The Kier molecular flexibility index (Phi) is 10.1. The average molecular weight is 458 g/mol. The number of Topliss-reactive ketones (excluding diaryl/α,β-unsaturated/α-hetero) is 1. The number of likely N-dealkylation sites (N-methyl/N-ethyl adjacent to an activating group) is 1. The number of carbonyl (C=O) groups excluding carboxylic acids is 1. The van der Waals surface area contributed by atoms with Crippen LogP contribution in [0.25, 0.3) is 0 Å². The summed E-state index contributed by atoms with van der Waals surface area (Å²) in [5, 5.41) is 0. The van der Waals surface area contributed by atoms with E-state index in [1.807, 2.05) is 13.8 Å². The van der Waals surface area contributed by atoms with E-state index < -0.39 is 0 Å². The molecule has 186 valence electrons. The molecular weight excluding hydrogens is 410 g/mol. The second-order valence-corrected chi connectivity index (χ2v) is 10.6. The first-order valence-electron chi connectivity index (χ1n) is 13.5. The van der Waals surface area contributed by atoms with E-state index >= 15 is 0 Å². The standard InChI is InChI=1S/C27H47N5O/c1-6-24-19-30(5)20-25(7-2)32(24)27-28-17-23(18-29-27)22-12-15-31(16-13-22)14-10-8-9-11-26(33)21(3)4/h17-18,21-22,24-25H,6-16,19-20H2,1-5H3. The molecule has 0 N–H and O–H groups in total. The van der Waals surface area contributed by atoms with Crippen LogP contribution in [0.5, 0.6) is 0 Å². The van der Waals surface area contributed by atoms with Gasteiger partial charge in [0.25, 0.3) is 0 Å². The molecule has 0 spiro atoms. The Balaban J connectivity index is 1.45. The Labute approximate surface area is 202 Å². The number of rotatable bonds is 11. The number of aromatic nitrogens is 2. The minimum absolute atomic E-state index is 0.185. The molecular formula is C27H47N5O. The zero-order chi connectivity index (χ0) is 23.8. The van der Waals surface area contributed by atoms with Crippen LogP contribution in [0.2, 0.25) is 0 Å². The molecule has 2 saturated heterocycles. The van der Waals surface area contributed by atoms with Crippen molar-refractivity contribution in [2.45, 2.75) is 97.1 Å². The van der Waals surface area contributed by atoms with Crippen molar-refractivity contribution >= 4 is 11.7 Å². The number of anilines is 1. The number of hydrogen-bond acceptors (Lipinski definition) is 6. The lowest BCUT2D eigenvalue weighted by Gasteiger charge is -2.45. The van der Waals surface area contributed by atoms with E-state index in [4.69, 9.17) is 9.97 Å². The number of piperidine rings is 1. The molecule has 6 nitrogen and oxygen atoms in total. The van der Waals surface area contributed by atoms with Crippen molar-refractivity contribution in [1.29, 1.82) is 0 Å². The molecule has 3 heterocycles. The van der Waals surface area contributed by atoms with Crippen LogP contribution < -0.4 is 4.90 Å². The van der Waals surface area contributed by atoms with Crippen LogP contribution in [0.15, 0.2) is 12.4 Å². The Bertz CT molecular complexity index is 700. The molecule has 0 bridgehead atoms. The van der Waals surface area contributed by atoms with Crippen LogP contribution in [0.1, 0.15) is 90.5 Å². The Morgan fingerprint density at radius 1 is 1.00 bits per heavy atom. The molecule has 0 aromatic carbocycles. The van der Waals surface area contributed by atoms with Gasteiger partial charge in [0.15, 0.2) is 0 Å². The topological polar surface area (TPSA) is 52.6 Å². The lowest BCUT2D eigenvalue weighted by atomic mass is 9.91. The number of ketones is 1. The minimum atomic E-state index is 0.185. The molecule has 6 heteroatoms. The van der Waals surface area contributed by atoms with Crippen molar-refractivity contribution in [3.8, 4) is 0 Å². The Morgan fingerprint density at radius 2 is 1.61 bits per heavy atom. The summed E-state index contributed by atoms with van der Waals surface area (Å²) in [5.74, 6) is 2.09. The normalized spacial score (nSPS) is 23.4. The van der Waals surface area contributed by atoms with Crippen molar-refractivity contribution in [3.63, 3.8) is 0 Å². The van der Waals surface area contributed by atoms with Gasteiger partial charge in [0.1, 0.15) is 5.78 Å². The molecule has 2 aliphatic rings. The van der Waals surface area contributed by atoms with Crippen molar-refractivity contribution in [3.05, 3.63) is 18.0 Å². The van der Waals surface area contributed by atoms with Gasteiger partial charge in [0, 0.05) is 49.9 Å². The molecule has 0 aliphatic carbocycles. The second-order valence-electron chi connectivity index (χ2n) is 10.6. The molecule has 2 atom stereocenters. The molecule has 0 amide bonds. The number of unbranched alkanes of at least 4 members (excludes halogenated alkanes) is 2. The molecule has 1 aromatic heterocycles. The van der Waals surface area contributed by atoms with E-state index in [1.54, 1.807) is 0 Å². The number of piperazine rings is 1. The third-order valence-corrected chi connectivity index (χ3v) is 7.76. The van der Waals surface area contributed by atoms with Gasteiger partial charge in [0.2, 0.25) is 5.95 Å². The van der Waals surface area contributed by atoms with Crippen molar-refractivity contribution in [1.82, 2.24) is 19.8 Å². The zero-order valence-corrected chi connectivity index (χ0v) is 21.8. The SMILES string of the molecule is CCC1CN(C)CC(CC)N1c1ncc(C2CCN(CCCCCC(=O)C(C)C)CC2)cn1. The van der Waals surface area contributed by atoms with E-state index in [9.17, 15) is 4.79 Å². The smallest absolute Gasteiger partial charge is 0.225 e. The van der Waals surface area contributed by atoms with Gasteiger partial charge in [-0.2, -0.15) is 0 Å². The van der Waals surface area contributed by atoms with Crippen molar-refractivity contribution in [2.24, 2.45) is 5.92 Å². The van der Waals surface area contributed by atoms with Crippen LogP contribution in [0.4, 0.5) is 5.95 Å². The molecule has 3 rings (SSSR count). The van der Waals surface area contributed by atoms with Crippen molar-refractivity contribution in [2.75, 3.05) is 44.7 Å². The third-order valence-electron chi connectivity index (χ3n) is 7.76. The van der Waals surface area contributed by atoms with Gasteiger partial charge in [0.05, 0.1) is 0 Å². The molecule has 2 fully saturated rings. The van der Waals surface area contributed by atoms with E-state index in [-0.39, 0.29) is 5.92 Å². The van der Waals surface area contributed by atoms with Crippen LogP contribution in [-0.4, -0.2) is 77.4 Å². The predicted octanol–water partition coefficient (Wildman–Crippen LogP) is 4.75. The number of nitrogens with zero attached hydrogens (tertiary/aromatic N) is 5. The molecule has 33 heavy (non-hydrogen) atoms. The summed E-state index contributed by atoms with van der Waals surface area (Å²) < 4.78 is 0. The zero-order valence-electron chi connectivity index (χ0n) is 21.8. The first kappa shape index (κ1) is 26.1. The highest BCUT2D eigenvalue weighted by atomic mass is 16.1. The summed E-state index contributed by atoms with van der Waals surface area (Å²) in [6.45, 7) is 14.2. The molecule has 0 radical (unpaired) electrons. The maximum absolute atomic E-state index is 11.7. The number of hydrogen-bond donors (Lipinski definition) is 0. The molecule has 2 aliphatic heterocycles. The second kappa shape index (κ2) is 12.8. The predicted molar refractivity (Wildman–Crippen MR) is 137 cm³/mol.